The minimum absolute atomic E-state index is 0.694. The van der Waals surface area contributed by atoms with Gasteiger partial charge in [-0.3, -0.25) is 0 Å². The average molecular weight is 237 g/mol. The van der Waals surface area contributed by atoms with E-state index in [0.717, 1.165) is 26.2 Å². The zero-order valence-electron chi connectivity index (χ0n) is 9.75. The van der Waals surface area contributed by atoms with Gasteiger partial charge in [0.05, 0.1) is 10.7 Å². The predicted octanol–water partition coefficient (Wildman–Crippen LogP) is 1.61. The lowest BCUT2D eigenvalue weighted by molar-refractivity contribution is 0.436. The molecule has 0 amide bonds. The van der Waals surface area contributed by atoms with Crippen LogP contribution in [0.4, 0.5) is 0 Å². The Hall–Kier alpha value is -0.450. The van der Waals surface area contributed by atoms with Gasteiger partial charge in [0.1, 0.15) is 0 Å². The summed E-state index contributed by atoms with van der Waals surface area (Å²) in [5.41, 5.74) is 1.40. The second-order valence-corrected chi connectivity index (χ2v) is 6.11. The Morgan fingerprint density at radius 3 is 2.50 bits per heavy atom. The molecular formula is C12H19N3S. The zero-order valence-corrected chi connectivity index (χ0v) is 10.6. The second-order valence-electron chi connectivity index (χ2n) is 4.87. The first-order chi connectivity index (χ1) is 7.84. The zero-order chi connectivity index (χ0) is 11.0. The maximum absolute atomic E-state index is 4.91. The lowest BCUT2D eigenvalue weighted by atomic mass is 9.94. The summed E-state index contributed by atoms with van der Waals surface area (Å²) in [7, 11) is 0. The van der Waals surface area contributed by atoms with E-state index in [4.69, 9.17) is 4.98 Å². The molecule has 0 aromatic carbocycles. The summed E-state index contributed by atoms with van der Waals surface area (Å²) in [5.74, 6) is 1.40. The van der Waals surface area contributed by atoms with Crippen LogP contribution in [0.1, 0.15) is 40.3 Å². The van der Waals surface area contributed by atoms with Gasteiger partial charge in [0, 0.05) is 29.8 Å². The number of piperidine rings is 1. The third-order valence-corrected chi connectivity index (χ3v) is 4.85. The van der Waals surface area contributed by atoms with Crippen molar-refractivity contribution >= 4 is 11.3 Å². The van der Waals surface area contributed by atoms with Gasteiger partial charge < -0.3 is 10.6 Å². The van der Waals surface area contributed by atoms with Gasteiger partial charge in [-0.15, -0.1) is 11.3 Å². The van der Waals surface area contributed by atoms with Crippen molar-refractivity contribution < 1.29 is 0 Å². The van der Waals surface area contributed by atoms with E-state index in [0.29, 0.717) is 11.8 Å². The molecular weight excluding hydrogens is 218 g/mol. The van der Waals surface area contributed by atoms with Gasteiger partial charge >= 0.3 is 0 Å². The van der Waals surface area contributed by atoms with E-state index >= 15 is 0 Å². The van der Waals surface area contributed by atoms with Crippen molar-refractivity contribution in [3.63, 3.8) is 0 Å². The molecule has 0 spiro atoms. The van der Waals surface area contributed by atoms with E-state index in [1.54, 1.807) is 0 Å². The molecule has 3 heterocycles. The molecule has 2 aliphatic rings. The van der Waals surface area contributed by atoms with Crippen molar-refractivity contribution in [1.82, 2.24) is 15.6 Å². The third kappa shape index (κ3) is 1.90. The average Bonchev–Trinajstić information content (AvgIpc) is 2.59. The van der Waals surface area contributed by atoms with Gasteiger partial charge in [-0.25, -0.2) is 4.98 Å². The molecule has 0 saturated carbocycles. The number of nitrogens with zero attached hydrogens (tertiary/aromatic N) is 1. The van der Waals surface area contributed by atoms with Gasteiger partial charge in [-0.1, -0.05) is 0 Å². The SMILES string of the molecule is Cc1sc(C2CNC2)nc1C1CCNCC1. The van der Waals surface area contributed by atoms with E-state index in [1.165, 1.54) is 28.4 Å². The Morgan fingerprint density at radius 2 is 1.88 bits per heavy atom. The van der Waals surface area contributed by atoms with Crippen molar-refractivity contribution in [2.75, 3.05) is 26.2 Å². The summed E-state index contributed by atoms with van der Waals surface area (Å²) < 4.78 is 0. The smallest absolute Gasteiger partial charge is 0.0987 e. The summed E-state index contributed by atoms with van der Waals surface area (Å²) in [5, 5.41) is 8.11. The molecule has 2 saturated heterocycles. The van der Waals surface area contributed by atoms with Crippen molar-refractivity contribution in [3.05, 3.63) is 15.6 Å². The van der Waals surface area contributed by atoms with Gasteiger partial charge in [0.25, 0.3) is 0 Å². The lowest BCUT2D eigenvalue weighted by Gasteiger charge is -2.25. The van der Waals surface area contributed by atoms with Crippen molar-refractivity contribution in [3.8, 4) is 0 Å². The first-order valence-electron chi connectivity index (χ1n) is 6.23. The molecule has 2 aliphatic heterocycles. The fraction of sp³-hybridized carbons (Fsp3) is 0.750. The second kappa shape index (κ2) is 4.43. The molecule has 0 atom stereocenters. The molecule has 2 fully saturated rings. The predicted molar refractivity (Wildman–Crippen MR) is 67.3 cm³/mol. The highest BCUT2D eigenvalue weighted by atomic mass is 32.1. The first-order valence-corrected chi connectivity index (χ1v) is 7.05. The normalized spacial score (nSPS) is 23.3. The number of aromatic nitrogens is 1. The molecule has 0 bridgehead atoms. The molecule has 1 aromatic heterocycles. The van der Waals surface area contributed by atoms with E-state index in [9.17, 15) is 0 Å². The van der Waals surface area contributed by atoms with Crippen LogP contribution in [0.5, 0.6) is 0 Å². The highest BCUT2D eigenvalue weighted by molar-refractivity contribution is 7.11. The number of hydrogen-bond acceptors (Lipinski definition) is 4. The fourth-order valence-electron chi connectivity index (χ4n) is 2.54. The van der Waals surface area contributed by atoms with Gasteiger partial charge in [-0.05, 0) is 32.9 Å². The molecule has 1 aromatic rings. The Bertz CT molecular complexity index is 364. The quantitative estimate of drug-likeness (QED) is 0.820. The molecule has 3 rings (SSSR count). The van der Waals surface area contributed by atoms with Crippen LogP contribution in [-0.4, -0.2) is 31.2 Å². The van der Waals surface area contributed by atoms with Crippen LogP contribution in [0.25, 0.3) is 0 Å². The summed E-state index contributed by atoms with van der Waals surface area (Å²) in [6.07, 6.45) is 2.51. The number of aryl methyl sites for hydroxylation is 1. The third-order valence-electron chi connectivity index (χ3n) is 3.71. The van der Waals surface area contributed by atoms with Crippen LogP contribution in [0.15, 0.2) is 0 Å². The minimum Gasteiger partial charge on any atom is -0.317 e. The van der Waals surface area contributed by atoms with Crippen LogP contribution < -0.4 is 10.6 Å². The number of hydrogen-bond donors (Lipinski definition) is 2. The first kappa shape index (κ1) is 10.7. The molecule has 2 N–H and O–H groups in total. The number of rotatable bonds is 2. The number of nitrogens with one attached hydrogen (secondary N) is 2. The lowest BCUT2D eigenvalue weighted by Crippen LogP contribution is -2.39. The molecule has 88 valence electrons. The Morgan fingerprint density at radius 1 is 1.12 bits per heavy atom. The largest absolute Gasteiger partial charge is 0.317 e. The molecule has 0 unspecified atom stereocenters. The minimum atomic E-state index is 0.694. The van der Waals surface area contributed by atoms with Crippen LogP contribution in [0.2, 0.25) is 0 Å². The van der Waals surface area contributed by atoms with Crippen LogP contribution in [-0.2, 0) is 0 Å². The van der Waals surface area contributed by atoms with E-state index in [1.807, 2.05) is 11.3 Å². The maximum atomic E-state index is 4.91. The van der Waals surface area contributed by atoms with E-state index in [2.05, 4.69) is 17.6 Å². The number of thiazole rings is 1. The fourth-order valence-corrected chi connectivity index (χ4v) is 3.65. The summed E-state index contributed by atoms with van der Waals surface area (Å²) >= 11 is 1.92. The highest BCUT2D eigenvalue weighted by Gasteiger charge is 2.26. The molecule has 16 heavy (non-hydrogen) atoms. The van der Waals surface area contributed by atoms with Gasteiger partial charge in [0.2, 0.25) is 0 Å². The van der Waals surface area contributed by atoms with Gasteiger partial charge in [-0.2, -0.15) is 0 Å². The standard InChI is InChI=1S/C12H19N3S/c1-8-11(9-2-4-13-5-3-9)15-12(16-8)10-6-14-7-10/h9-10,13-14H,2-7H2,1H3. The molecule has 0 radical (unpaired) electrons. The highest BCUT2D eigenvalue weighted by Crippen LogP contribution is 2.33. The summed E-state index contributed by atoms with van der Waals surface area (Å²) in [6.45, 7) is 6.80. The van der Waals surface area contributed by atoms with Crippen LogP contribution in [0.3, 0.4) is 0 Å². The van der Waals surface area contributed by atoms with E-state index < -0.39 is 0 Å². The van der Waals surface area contributed by atoms with Crippen molar-refractivity contribution in [2.45, 2.75) is 31.6 Å². The Balaban J connectivity index is 1.79. The van der Waals surface area contributed by atoms with E-state index in [-0.39, 0.29) is 0 Å². The summed E-state index contributed by atoms with van der Waals surface area (Å²) in [4.78, 5) is 6.36. The molecule has 3 nitrogen and oxygen atoms in total. The Kier molecular flexibility index (Phi) is 2.96. The summed E-state index contributed by atoms with van der Waals surface area (Å²) in [6, 6.07) is 0. The van der Waals surface area contributed by atoms with Gasteiger partial charge in [0.15, 0.2) is 0 Å². The topological polar surface area (TPSA) is 37.0 Å². The van der Waals surface area contributed by atoms with Crippen molar-refractivity contribution in [2.24, 2.45) is 0 Å². The monoisotopic (exact) mass is 237 g/mol. The maximum Gasteiger partial charge on any atom is 0.0987 e. The Labute approximate surface area is 101 Å². The van der Waals surface area contributed by atoms with Crippen LogP contribution >= 0.6 is 11.3 Å². The van der Waals surface area contributed by atoms with Crippen molar-refractivity contribution in [1.29, 1.82) is 0 Å². The molecule has 0 aliphatic carbocycles. The molecule has 4 heteroatoms. The van der Waals surface area contributed by atoms with Crippen LogP contribution in [0, 0.1) is 6.92 Å².